The first-order valence-corrected chi connectivity index (χ1v) is 11.3. The van der Waals surface area contributed by atoms with E-state index in [-0.39, 0.29) is 0 Å². The van der Waals surface area contributed by atoms with E-state index in [9.17, 15) is 14.9 Å². The molecule has 3 rings (SSSR count). The Morgan fingerprint density at radius 1 is 1.09 bits per heavy atom. The minimum Gasteiger partial charge on any atom is -0.457 e. The van der Waals surface area contributed by atoms with Gasteiger partial charge >= 0.3 is 11.9 Å². The number of halogens is 3. The summed E-state index contributed by atoms with van der Waals surface area (Å²) >= 11 is 16.6. The van der Waals surface area contributed by atoms with Gasteiger partial charge in [-0.3, -0.25) is 4.79 Å². The Bertz CT molecular complexity index is 1160. The van der Waals surface area contributed by atoms with E-state index in [0.29, 0.717) is 17.1 Å². The quantitative estimate of drug-likeness (QED) is 0.208. The highest BCUT2D eigenvalue weighted by atomic mass is 35.6. The maximum Gasteiger partial charge on any atom is 0.384 e. The van der Waals surface area contributed by atoms with E-state index in [2.05, 4.69) is 11.8 Å². The van der Waals surface area contributed by atoms with Gasteiger partial charge in [0.15, 0.2) is 0 Å². The Morgan fingerprint density at radius 2 is 1.76 bits per heavy atom. The maximum atomic E-state index is 12.8. The Hall–Kier alpha value is -2.90. The van der Waals surface area contributed by atoms with Gasteiger partial charge < -0.3 is 14.2 Å². The molecular formula is C25H20Cl3NO5. The predicted octanol–water partition coefficient (Wildman–Crippen LogP) is 5.78. The molecule has 0 radical (unpaired) electrons. The largest absolute Gasteiger partial charge is 0.457 e. The summed E-state index contributed by atoms with van der Waals surface area (Å²) in [6.45, 7) is 3.20. The lowest BCUT2D eigenvalue weighted by Gasteiger charge is -2.13. The molecule has 1 fully saturated rings. The summed E-state index contributed by atoms with van der Waals surface area (Å²) < 4.78 is 14.3. The molecule has 9 heteroatoms. The molecule has 0 amide bonds. The minimum atomic E-state index is -1.74. The van der Waals surface area contributed by atoms with Gasteiger partial charge in [0, 0.05) is 17.4 Å². The fourth-order valence-electron chi connectivity index (χ4n) is 3.39. The van der Waals surface area contributed by atoms with Crippen LogP contribution in [-0.4, -0.2) is 22.3 Å². The van der Waals surface area contributed by atoms with Crippen molar-refractivity contribution in [3.05, 3.63) is 60.2 Å². The second kappa shape index (κ2) is 10.6. The lowest BCUT2D eigenvalue weighted by atomic mass is 10.1. The van der Waals surface area contributed by atoms with Crippen LogP contribution in [0.1, 0.15) is 25.5 Å². The van der Waals surface area contributed by atoms with Crippen LogP contribution in [0.2, 0.25) is 0 Å². The molecule has 1 saturated carbocycles. The molecule has 2 aromatic rings. The van der Waals surface area contributed by atoms with E-state index < -0.39 is 45.7 Å². The van der Waals surface area contributed by atoms with Crippen LogP contribution in [-0.2, 0) is 19.1 Å². The van der Waals surface area contributed by atoms with Crippen LogP contribution in [0.25, 0.3) is 0 Å². The van der Waals surface area contributed by atoms with Crippen LogP contribution in [0.15, 0.2) is 54.6 Å². The topological polar surface area (TPSA) is 85.6 Å². The zero-order chi connectivity index (χ0) is 24.9. The van der Waals surface area contributed by atoms with Crippen LogP contribution in [0.3, 0.4) is 0 Å². The van der Waals surface area contributed by atoms with Crippen molar-refractivity contribution in [2.75, 3.05) is 6.61 Å². The van der Waals surface area contributed by atoms with Crippen molar-refractivity contribution >= 4 is 46.7 Å². The molecule has 0 aromatic heterocycles. The fraction of sp³-hybridized carbons (Fsp3) is 0.320. The second-order valence-electron chi connectivity index (χ2n) is 8.17. The number of nitrogens with zero attached hydrogens (tertiary/aromatic N) is 1. The summed E-state index contributed by atoms with van der Waals surface area (Å²) in [6.07, 6.45) is -1.13. The molecule has 3 atom stereocenters. The van der Waals surface area contributed by atoms with Crippen molar-refractivity contribution in [2.45, 2.75) is 23.7 Å². The molecule has 0 spiro atoms. The number of ether oxygens (including phenoxy) is 3. The van der Waals surface area contributed by atoms with Crippen LogP contribution in [0, 0.1) is 40.4 Å². The third-order valence-electron chi connectivity index (χ3n) is 5.27. The molecule has 0 saturated heterocycles. The van der Waals surface area contributed by atoms with Crippen molar-refractivity contribution in [3.8, 4) is 29.4 Å². The molecule has 0 unspecified atom stereocenters. The van der Waals surface area contributed by atoms with Crippen LogP contribution in [0.4, 0.5) is 0 Å². The number of carbonyl (C=O) groups is 2. The summed E-state index contributed by atoms with van der Waals surface area (Å²) in [5.41, 5.74) is -0.0710. The van der Waals surface area contributed by atoms with E-state index in [1.807, 2.05) is 38.1 Å². The Balaban J connectivity index is 1.64. The lowest BCUT2D eigenvalue weighted by Crippen LogP contribution is -2.16. The van der Waals surface area contributed by atoms with E-state index >= 15 is 0 Å². The number of esters is 2. The molecular weight excluding hydrogens is 501 g/mol. The summed E-state index contributed by atoms with van der Waals surface area (Å²) in [6, 6.07) is 17.9. The van der Waals surface area contributed by atoms with Crippen molar-refractivity contribution in [1.29, 1.82) is 5.26 Å². The fourth-order valence-corrected chi connectivity index (χ4v) is 3.55. The minimum absolute atomic E-state index is 0.443. The second-order valence-corrected chi connectivity index (χ2v) is 10.7. The number of nitriles is 1. The van der Waals surface area contributed by atoms with Crippen LogP contribution in [0.5, 0.6) is 11.5 Å². The van der Waals surface area contributed by atoms with E-state index in [1.54, 1.807) is 36.4 Å². The van der Waals surface area contributed by atoms with Crippen LogP contribution < -0.4 is 4.74 Å². The highest BCUT2D eigenvalue weighted by Crippen LogP contribution is 2.58. The van der Waals surface area contributed by atoms with Gasteiger partial charge in [0.25, 0.3) is 0 Å². The first-order valence-electron chi connectivity index (χ1n) is 10.2. The summed E-state index contributed by atoms with van der Waals surface area (Å²) in [5, 5.41) is 9.62. The van der Waals surface area contributed by atoms with Gasteiger partial charge in [0.05, 0.1) is 5.92 Å². The molecule has 0 N–H and O–H groups in total. The van der Waals surface area contributed by atoms with Gasteiger partial charge in [-0.1, -0.05) is 84.9 Å². The first-order chi connectivity index (χ1) is 16.0. The third-order valence-corrected chi connectivity index (χ3v) is 5.60. The number of hydrogen-bond acceptors (Lipinski definition) is 6. The molecule has 0 aliphatic heterocycles. The molecule has 1 aliphatic carbocycles. The van der Waals surface area contributed by atoms with E-state index in [4.69, 9.17) is 49.0 Å². The van der Waals surface area contributed by atoms with Gasteiger partial charge in [-0.25, -0.2) is 4.79 Å². The molecule has 176 valence electrons. The number of benzene rings is 2. The van der Waals surface area contributed by atoms with Crippen molar-refractivity contribution in [1.82, 2.24) is 0 Å². The van der Waals surface area contributed by atoms with Crippen molar-refractivity contribution < 1.29 is 23.8 Å². The van der Waals surface area contributed by atoms with E-state index in [1.165, 1.54) is 0 Å². The van der Waals surface area contributed by atoms with Gasteiger partial charge in [0.2, 0.25) is 9.90 Å². The first kappa shape index (κ1) is 25.7. The Morgan fingerprint density at radius 3 is 2.41 bits per heavy atom. The number of hydrogen-bond donors (Lipinski definition) is 0. The number of carbonyl (C=O) groups excluding carboxylic acids is 2. The molecule has 34 heavy (non-hydrogen) atoms. The van der Waals surface area contributed by atoms with Gasteiger partial charge in [-0.05, 0) is 29.7 Å². The summed E-state index contributed by atoms with van der Waals surface area (Å²) in [5.74, 6) is 3.66. The standard InChI is InChI=1S/C25H20Cl3NO5/c1-24(2)19(11-12-21(30)32-15-25(26,27)28)22(24)23(31)34-20(14-29)16-7-6-10-18(13-16)33-17-8-4-3-5-9-17/h3-10,13,19-20,22H,15H2,1-2H3/t19-,20+,22-/m0/s1. The highest BCUT2D eigenvalue weighted by molar-refractivity contribution is 6.67. The number of alkyl halides is 3. The van der Waals surface area contributed by atoms with Crippen LogP contribution >= 0.6 is 34.8 Å². The maximum absolute atomic E-state index is 12.8. The summed E-state index contributed by atoms with van der Waals surface area (Å²) in [7, 11) is 0. The zero-order valence-electron chi connectivity index (χ0n) is 18.3. The molecule has 0 bridgehead atoms. The van der Waals surface area contributed by atoms with Gasteiger partial charge in [0.1, 0.15) is 24.2 Å². The van der Waals surface area contributed by atoms with Gasteiger partial charge in [-0.2, -0.15) is 5.26 Å². The average Bonchev–Trinajstić information content (AvgIpc) is 3.35. The van der Waals surface area contributed by atoms with E-state index in [0.717, 1.165) is 0 Å². The highest BCUT2D eigenvalue weighted by Gasteiger charge is 2.62. The molecule has 1 aliphatic rings. The predicted molar refractivity (Wildman–Crippen MR) is 127 cm³/mol. The Labute approximate surface area is 212 Å². The monoisotopic (exact) mass is 519 g/mol. The summed E-state index contributed by atoms with van der Waals surface area (Å²) in [4.78, 5) is 24.5. The molecule has 2 aromatic carbocycles. The van der Waals surface area contributed by atoms with Gasteiger partial charge in [-0.15, -0.1) is 0 Å². The SMILES string of the molecule is CC1(C)[C@H](C(=O)O[C@H](C#N)c2cccc(Oc3ccccc3)c2)[C@@H]1C#CC(=O)OCC(Cl)(Cl)Cl. The third kappa shape index (κ3) is 6.81. The number of rotatable bonds is 6. The van der Waals surface area contributed by atoms with Crippen molar-refractivity contribution in [2.24, 2.45) is 17.3 Å². The average molecular weight is 521 g/mol. The zero-order valence-corrected chi connectivity index (χ0v) is 20.5. The Kier molecular flexibility index (Phi) is 8.00. The smallest absolute Gasteiger partial charge is 0.384 e. The normalized spacial score (nSPS) is 18.9. The molecule has 6 nitrogen and oxygen atoms in total. The number of para-hydroxylation sites is 1. The molecule has 0 heterocycles. The lowest BCUT2D eigenvalue weighted by molar-refractivity contribution is -0.149. The van der Waals surface area contributed by atoms with Crippen molar-refractivity contribution in [3.63, 3.8) is 0 Å².